The lowest BCUT2D eigenvalue weighted by atomic mass is 9.90. The molecule has 1 saturated carbocycles. The maximum absolute atomic E-state index is 13.8. The minimum Gasteiger partial charge on any atom is -0.376 e. The lowest BCUT2D eigenvalue weighted by molar-refractivity contribution is -0.384. The van der Waals surface area contributed by atoms with E-state index in [0.717, 1.165) is 6.07 Å². The van der Waals surface area contributed by atoms with Crippen LogP contribution in [0.2, 0.25) is 0 Å². The molecule has 1 aliphatic rings. The van der Waals surface area contributed by atoms with Crippen molar-refractivity contribution < 1.29 is 18.9 Å². The fourth-order valence-corrected chi connectivity index (χ4v) is 4.98. The zero-order valence-electron chi connectivity index (χ0n) is 19.2. The highest BCUT2D eigenvalue weighted by atomic mass is 79.9. The van der Waals surface area contributed by atoms with Gasteiger partial charge in [0.1, 0.15) is 11.5 Å². The molecule has 10 nitrogen and oxygen atoms in total. The Balaban J connectivity index is 1.56. The average Bonchev–Trinajstić information content (AvgIpc) is 2.84. The Morgan fingerprint density at radius 2 is 1.86 bits per heavy atom. The number of fused-ring (bicyclic) bond motifs is 1. The molecule has 0 radical (unpaired) electrons. The van der Waals surface area contributed by atoms with E-state index in [0.29, 0.717) is 41.1 Å². The van der Waals surface area contributed by atoms with Gasteiger partial charge in [-0.3, -0.25) is 24.5 Å². The number of rotatable bonds is 6. The Labute approximate surface area is 212 Å². The van der Waals surface area contributed by atoms with Crippen molar-refractivity contribution in [3.63, 3.8) is 0 Å². The normalized spacial score (nSPS) is 17.4. The van der Waals surface area contributed by atoms with Gasteiger partial charge in [-0.05, 0) is 49.9 Å². The molecule has 1 fully saturated rings. The number of benzene rings is 2. The molecular weight excluding hydrogens is 537 g/mol. The van der Waals surface area contributed by atoms with E-state index in [1.165, 1.54) is 37.4 Å². The van der Waals surface area contributed by atoms with E-state index in [4.69, 9.17) is 0 Å². The molecule has 36 heavy (non-hydrogen) atoms. The third kappa shape index (κ3) is 5.38. The van der Waals surface area contributed by atoms with Gasteiger partial charge >= 0.3 is 0 Å². The molecule has 0 spiro atoms. The number of anilines is 1. The summed E-state index contributed by atoms with van der Waals surface area (Å²) in [5.41, 5.74) is -0.0782. The first-order valence-electron chi connectivity index (χ1n) is 11.3. The van der Waals surface area contributed by atoms with Gasteiger partial charge in [-0.15, -0.1) is 0 Å². The van der Waals surface area contributed by atoms with Gasteiger partial charge in [0.2, 0.25) is 5.56 Å². The molecule has 1 heterocycles. The smallest absolute Gasteiger partial charge is 0.294 e. The zero-order valence-corrected chi connectivity index (χ0v) is 20.8. The zero-order chi connectivity index (χ0) is 26.0. The van der Waals surface area contributed by atoms with Gasteiger partial charge in [-0.2, -0.15) is 0 Å². The molecule has 2 aromatic carbocycles. The number of aromatic amines is 1. The highest BCUT2D eigenvalue weighted by molar-refractivity contribution is 9.10. The summed E-state index contributed by atoms with van der Waals surface area (Å²) in [5, 5.41) is 20.6. The molecule has 3 aromatic rings. The van der Waals surface area contributed by atoms with Crippen LogP contribution >= 0.6 is 15.9 Å². The molecule has 1 aliphatic carbocycles. The summed E-state index contributed by atoms with van der Waals surface area (Å²) in [5.74, 6) is -1.52. The lowest BCUT2D eigenvalue weighted by Gasteiger charge is -2.31. The Morgan fingerprint density at radius 3 is 2.58 bits per heavy atom. The van der Waals surface area contributed by atoms with Gasteiger partial charge in [0.05, 0.1) is 16.1 Å². The number of nitrogens with zero attached hydrogens (tertiary/aromatic N) is 1. The Morgan fingerprint density at radius 1 is 1.11 bits per heavy atom. The number of H-pyrrole nitrogens is 1. The lowest BCUT2D eigenvalue weighted by Crippen LogP contribution is -2.42. The van der Waals surface area contributed by atoms with Gasteiger partial charge in [0.15, 0.2) is 0 Å². The van der Waals surface area contributed by atoms with Crippen LogP contribution in [0.3, 0.4) is 0 Å². The predicted molar refractivity (Wildman–Crippen MR) is 136 cm³/mol. The Bertz CT molecular complexity index is 1430. The maximum Gasteiger partial charge on any atom is 0.294 e. The van der Waals surface area contributed by atoms with Crippen molar-refractivity contribution in [3.05, 3.63) is 78.3 Å². The standard InChI is InChI=1S/C24H23BrFN5O5/c1-27-23(33)18-7-12(25)8-20(31(35)36)22(18)28-14-3-2-4-15(10-14)29-24(34)17-11-21(32)30-19-6-5-13(26)9-16(17)19/h5-9,11,14-15,28H,2-4,10H2,1H3,(H,27,33)(H,29,34)(H,30,32)/t14-,15+/m1/s1. The summed E-state index contributed by atoms with van der Waals surface area (Å²) in [6, 6.07) is 7.20. The van der Waals surface area contributed by atoms with Crippen LogP contribution < -0.4 is 21.5 Å². The quantitative estimate of drug-likeness (QED) is 0.266. The van der Waals surface area contributed by atoms with Crippen LogP contribution in [0.1, 0.15) is 46.4 Å². The highest BCUT2D eigenvalue weighted by Crippen LogP contribution is 2.35. The first-order valence-corrected chi connectivity index (χ1v) is 12.1. The van der Waals surface area contributed by atoms with E-state index in [1.54, 1.807) is 0 Å². The Kier molecular flexibility index (Phi) is 7.34. The highest BCUT2D eigenvalue weighted by Gasteiger charge is 2.29. The number of carbonyl (C=O) groups excluding carboxylic acids is 2. The second-order valence-corrected chi connectivity index (χ2v) is 9.51. The van der Waals surface area contributed by atoms with E-state index in [1.807, 2.05) is 0 Å². The average molecular weight is 560 g/mol. The van der Waals surface area contributed by atoms with Crippen LogP contribution in [0.5, 0.6) is 0 Å². The molecular formula is C24H23BrFN5O5. The first kappa shape index (κ1) is 25.3. The number of nitrogens with one attached hydrogen (secondary N) is 4. The molecule has 1 aromatic heterocycles. The van der Waals surface area contributed by atoms with Gasteiger partial charge in [0, 0.05) is 46.6 Å². The summed E-state index contributed by atoms with van der Waals surface area (Å²) < 4.78 is 14.2. The predicted octanol–water partition coefficient (Wildman–Crippen LogP) is 3.85. The third-order valence-electron chi connectivity index (χ3n) is 6.16. The van der Waals surface area contributed by atoms with Crippen molar-refractivity contribution in [2.75, 3.05) is 12.4 Å². The van der Waals surface area contributed by atoms with Crippen LogP contribution in [0.25, 0.3) is 10.9 Å². The van der Waals surface area contributed by atoms with E-state index >= 15 is 0 Å². The molecule has 4 rings (SSSR count). The van der Waals surface area contributed by atoms with Crippen LogP contribution in [-0.4, -0.2) is 40.9 Å². The van der Waals surface area contributed by atoms with Crippen molar-refractivity contribution in [3.8, 4) is 0 Å². The van der Waals surface area contributed by atoms with Gasteiger partial charge < -0.3 is 20.9 Å². The summed E-state index contributed by atoms with van der Waals surface area (Å²) in [7, 11) is 1.44. The van der Waals surface area contributed by atoms with E-state index in [2.05, 4.69) is 36.9 Å². The third-order valence-corrected chi connectivity index (χ3v) is 6.62. The number of aromatic nitrogens is 1. The van der Waals surface area contributed by atoms with Crippen LogP contribution in [0.4, 0.5) is 15.8 Å². The van der Waals surface area contributed by atoms with Gasteiger partial charge in [0.25, 0.3) is 17.5 Å². The number of nitro benzene ring substituents is 1. The van der Waals surface area contributed by atoms with Crippen LogP contribution in [0, 0.1) is 15.9 Å². The fraction of sp³-hybridized carbons (Fsp3) is 0.292. The first-order chi connectivity index (χ1) is 17.2. The summed E-state index contributed by atoms with van der Waals surface area (Å²) in [6.45, 7) is 0. The number of hydrogen-bond donors (Lipinski definition) is 4. The minimum atomic E-state index is -0.557. The second kappa shape index (κ2) is 10.4. The molecule has 0 aliphatic heterocycles. The van der Waals surface area contributed by atoms with Crippen molar-refractivity contribution in [2.45, 2.75) is 37.8 Å². The number of hydrogen-bond acceptors (Lipinski definition) is 6. The minimum absolute atomic E-state index is 0.0637. The number of carbonyl (C=O) groups is 2. The molecule has 4 N–H and O–H groups in total. The van der Waals surface area contributed by atoms with Crippen LogP contribution in [-0.2, 0) is 0 Å². The molecule has 0 bridgehead atoms. The van der Waals surface area contributed by atoms with Crippen molar-refractivity contribution in [2.24, 2.45) is 0 Å². The summed E-state index contributed by atoms with van der Waals surface area (Å²) >= 11 is 3.22. The summed E-state index contributed by atoms with van der Waals surface area (Å²) in [4.78, 5) is 51.3. The van der Waals surface area contributed by atoms with Gasteiger partial charge in [-0.25, -0.2) is 4.39 Å². The van der Waals surface area contributed by atoms with E-state index in [9.17, 15) is 28.9 Å². The van der Waals surface area contributed by atoms with Gasteiger partial charge in [-0.1, -0.05) is 15.9 Å². The molecule has 12 heteroatoms. The van der Waals surface area contributed by atoms with Crippen molar-refractivity contribution >= 4 is 50.0 Å². The van der Waals surface area contributed by atoms with E-state index in [-0.39, 0.29) is 34.6 Å². The number of amides is 2. The number of pyridine rings is 1. The monoisotopic (exact) mass is 559 g/mol. The largest absolute Gasteiger partial charge is 0.376 e. The SMILES string of the molecule is CNC(=O)c1cc(Br)cc([N+](=O)[O-])c1N[C@@H]1CCC[C@H](NC(=O)c2cc(=O)[nH]c3ccc(F)cc23)C1. The maximum atomic E-state index is 13.8. The Hall–Kier alpha value is -3.80. The molecule has 2 atom stereocenters. The molecule has 0 unspecified atom stereocenters. The molecule has 188 valence electrons. The van der Waals surface area contributed by atoms with Crippen LogP contribution in [0.15, 0.2) is 45.7 Å². The summed E-state index contributed by atoms with van der Waals surface area (Å²) in [6.07, 6.45) is 2.48. The number of halogens is 2. The second-order valence-electron chi connectivity index (χ2n) is 8.60. The fourth-order valence-electron chi connectivity index (χ4n) is 4.53. The van der Waals surface area contributed by atoms with Crippen molar-refractivity contribution in [1.29, 1.82) is 0 Å². The topological polar surface area (TPSA) is 146 Å². The van der Waals surface area contributed by atoms with Crippen molar-refractivity contribution in [1.82, 2.24) is 15.6 Å². The molecule has 2 amide bonds. The molecule has 0 saturated heterocycles. The number of nitro groups is 1. The van der Waals surface area contributed by atoms with E-state index < -0.39 is 28.1 Å².